The van der Waals surface area contributed by atoms with Gasteiger partial charge in [-0.05, 0) is 30.5 Å². The van der Waals surface area contributed by atoms with Crippen molar-refractivity contribution in [2.24, 2.45) is 0 Å². The molecular weight excluding hydrogens is 346 g/mol. The Morgan fingerprint density at radius 2 is 2.00 bits per heavy atom. The first-order chi connectivity index (χ1) is 12.9. The number of aromatic nitrogens is 7. The summed E-state index contributed by atoms with van der Waals surface area (Å²) >= 11 is 0. The van der Waals surface area contributed by atoms with E-state index in [2.05, 4.69) is 51.4 Å². The third-order valence-corrected chi connectivity index (χ3v) is 4.01. The van der Waals surface area contributed by atoms with E-state index >= 15 is 0 Å². The number of ether oxygens (including phenoxy) is 1. The van der Waals surface area contributed by atoms with Crippen molar-refractivity contribution in [3.8, 4) is 17.4 Å². The van der Waals surface area contributed by atoms with Gasteiger partial charge in [0.05, 0.1) is 0 Å². The Labute approximate surface area is 155 Å². The van der Waals surface area contributed by atoms with Gasteiger partial charge in [-0.3, -0.25) is 0 Å². The van der Waals surface area contributed by atoms with Crippen molar-refractivity contribution in [3.05, 3.63) is 47.5 Å². The largest absolute Gasteiger partial charge is 0.470 e. The van der Waals surface area contributed by atoms with Crippen molar-refractivity contribution in [1.82, 2.24) is 35.2 Å². The van der Waals surface area contributed by atoms with Gasteiger partial charge in [0.25, 0.3) is 0 Å². The van der Waals surface area contributed by atoms with Crippen LogP contribution in [0.3, 0.4) is 0 Å². The van der Waals surface area contributed by atoms with Gasteiger partial charge in [-0.25, -0.2) is 0 Å². The van der Waals surface area contributed by atoms with Crippen LogP contribution in [-0.2, 0) is 12.0 Å². The predicted octanol–water partition coefficient (Wildman–Crippen LogP) is 2.75. The van der Waals surface area contributed by atoms with E-state index in [4.69, 9.17) is 9.26 Å². The Kier molecular flexibility index (Phi) is 4.06. The van der Waals surface area contributed by atoms with Crippen LogP contribution in [0.25, 0.3) is 17.2 Å². The number of hydrogen-bond acceptors (Lipinski definition) is 8. The van der Waals surface area contributed by atoms with Crippen LogP contribution in [0.15, 0.2) is 35.0 Å². The third kappa shape index (κ3) is 3.35. The highest BCUT2D eigenvalue weighted by molar-refractivity contribution is 5.56. The molecule has 0 saturated heterocycles. The van der Waals surface area contributed by atoms with Crippen LogP contribution in [0.4, 0.5) is 0 Å². The minimum absolute atomic E-state index is 0.191. The van der Waals surface area contributed by atoms with Gasteiger partial charge in [0.1, 0.15) is 18.1 Å². The normalized spacial score (nSPS) is 11.9. The third-order valence-electron chi connectivity index (χ3n) is 4.01. The number of rotatable bonds is 4. The highest BCUT2D eigenvalue weighted by atomic mass is 16.5. The fraction of sp³-hybridized carbons (Fsp3) is 0.333. The van der Waals surface area contributed by atoms with E-state index in [-0.39, 0.29) is 12.0 Å². The maximum Gasteiger partial charge on any atom is 0.236 e. The fourth-order valence-corrected chi connectivity index (χ4v) is 2.64. The van der Waals surface area contributed by atoms with Gasteiger partial charge in [0.15, 0.2) is 11.3 Å². The lowest BCUT2D eigenvalue weighted by Gasteiger charge is -2.21. The van der Waals surface area contributed by atoms with E-state index in [1.54, 1.807) is 16.8 Å². The number of hydrogen-bond donors (Lipinski definition) is 0. The van der Waals surface area contributed by atoms with E-state index in [0.717, 1.165) is 11.3 Å². The monoisotopic (exact) mass is 365 g/mol. The SMILES string of the molecule is Cc1cc(-c2nnc3cc(C(C)(C)C)c(OCc4cccnn4)nn23)no1. The van der Waals surface area contributed by atoms with Crippen LogP contribution in [0.5, 0.6) is 5.88 Å². The molecule has 0 saturated carbocycles. The summed E-state index contributed by atoms with van der Waals surface area (Å²) in [4.78, 5) is 0. The highest BCUT2D eigenvalue weighted by Crippen LogP contribution is 2.31. The molecule has 138 valence electrons. The first-order valence-electron chi connectivity index (χ1n) is 8.52. The summed E-state index contributed by atoms with van der Waals surface area (Å²) in [6.45, 7) is 8.35. The fourth-order valence-electron chi connectivity index (χ4n) is 2.64. The molecule has 0 aliphatic heterocycles. The Hall–Kier alpha value is -3.36. The first-order valence-corrected chi connectivity index (χ1v) is 8.52. The van der Waals surface area contributed by atoms with E-state index in [9.17, 15) is 0 Å². The van der Waals surface area contributed by atoms with Gasteiger partial charge in [-0.1, -0.05) is 25.9 Å². The van der Waals surface area contributed by atoms with E-state index in [1.165, 1.54) is 0 Å². The first kappa shape index (κ1) is 17.1. The summed E-state index contributed by atoms with van der Waals surface area (Å²) in [5.74, 6) is 1.67. The Balaban J connectivity index is 1.79. The molecule has 0 amide bonds. The molecule has 0 aliphatic carbocycles. The smallest absolute Gasteiger partial charge is 0.236 e. The van der Waals surface area contributed by atoms with E-state index in [0.29, 0.717) is 28.8 Å². The molecule has 4 rings (SSSR count). The van der Waals surface area contributed by atoms with Crippen molar-refractivity contribution in [1.29, 1.82) is 0 Å². The average molecular weight is 365 g/mol. The van der Waals surface area contributed by atoms with Crippen molar-refractivity contribution in [3.63, 3.8) is 0 Å². The van der Waals surface area contributed by atoms with Gasteiger partial charge in [0, 0.05) is 17.8 Å². The zero-order chi connectivity index (χ0) is 19.0. The Morgan fingerprint density at radius 1 is 1.15 bits per heavy atom. The van der Waals surface area contributed by atoms with Crippen LogP contribution in [0, 0.1) is 6.92 Å². The standard InChI is InChI=1S/C18H19N7O2/c1-11-8-14(24-27-11)16-22-21-15-9-13(18(2,3)4)17(23-25(15)16)26-10-12-6-5-7-19-20-12/h5-9H,10H2,1-4H3. The molecule has 4 heterocycles. The highest BCUT2D eigenvalue weighted by Gasteiger charge is 2.24. The lowest BCUT2D eigenvalue weighted by Crippen LogP contribution is -2.16. The molecule has 4 aromatic heterocycles. The zero-order valence-electron chi connectivity index (χ0n) is 15.5. The Morgan fingerprint density at radius 3 is 2.67 bits per heavy atom. The zero-order valence-corrected chi connectivity index (χ0v) is 15.5. The molecular formula is C18H19N7O2. The molecule has 27 heavy (non-hydrogen) atoms. The summed E-state index contributed by atoms with van der Waals surface area (Å²) < 4.78 is 12.7. The molecule has 0 aliphatic rings. The minimum atomic E-state index is -0.191. The van der Waals surface area contributed by atoms with Crippen molar-refractivity contribution in [2.75, 3.05) is 0 Å². The van der Waals surface area contributed by atoms with Crippen LogP contribution < -0.4 is 4.74 Å². The van der Waals surface area contributed by atoms with Gasteiger partial charge in [-0.2, -0.15) is 14.7 Å². The van der Waals surface area contributed by atoms with E-state index < -0.39 is 0 Å². The lowest BCUT2D eigenvalue weighted by atomic mass is 9.88. The summed E-state index contributed by atoms with van der Waals surface area (Å²) in [6, 6.07) is 7.39. The Bertz CT molecular complexity index is 1080. The summed E-state index contributed by atoms with van der Waals surface area (Å²) in [5, 5.41) is 25.0. The second-order valence-corrected chi connectivity index (χ2v) is 7.23. The second kappa shape index (κ2) is 6.42. The predicted molar refractivity (Wildman–Crippen MR) is 96.1 cm³/mol. The van der Waals surface area contributed by atoms with Crippen molar-refractivity contribution in [2.45, 2.75) is 39.7 Å². The van der Waals surface area contributed by atoms with Gasteiger partial charge >= 0.3 is 0 Å². The van der Waals surface area contributed by atoms with Crippen LogP contribution in [-0.4, -0.2) is 35.2 Å². The van der Waals surface area contributed by atoms with Crippen LogP contribution in [0.2, 0.25) is 0 Å². The van der Waals surface area contributed by atoms with Crippen LogP contribution in [0.1, 0.15) is 37.8 Å². The van der Waals surface area contributed by atoms with Crippen LogP contribution >= 0.6 is 0 Å². The second-order valence-electron chi connectivity index (χ2n) is 7.23. The molecule has 9 nitrogen and oxygen atoms in total. The molecule has 0 N–H and O–H groups in total. The topological polar surface area (TPSA) is 104 Å². The molecule has 0 bridgehead atoms. The minimum Gasteiger partial charge on any atom is -0.470 e. The lowest BCUT2D eigenvalue weighted by molar-refractivity contribution is 0.274. The number of nitrogens with zero attached hydrogens (tertiary/aromatic N) is 7. The van der Waals surface area contributed by atoms with Gasteiger partial charge in [-0.15, -0.1) is 15.3 Å². The number of fused-ring (bicyclic) bond motifs is 1. The summed E-state index contributed by atoms with van der Waals surface area (Å²) in [6.07, 6.45) is 1.62. The number of aryl methyl sites for hydroxylation is 1. The average Bonchev–Trinajstić information content (AvgIpc) is 3.24. The van der Waals surface area contributed by atoms with Gasteiger partial charge in [0.2, 0.25) is 11.7 Å². The van der Waals surface area contributed by atoms with Crippen molar-refractivity contribution >= 4 is 5.65 Å². The molecule has 0 unspecified atom stereocenters. The maximum atomic E-state index is 5.99. The molecule has 4 aromatic rings. The molecule has 0 radical (unpaired) electrons. The summed E-state index contributed by atoms with van der Waals surface area (Å²) in [5.41, 5.74) is 2.63. The van der Waals surface area contributed by atoms with Crippen molar-refractivity contribution < 1.29 is 9.26 Å². The molecule has 0 atom stereocenters. The quantitative estimate of drug-likeness (QED) is 0.544. The molecule has 0 spiro atoms. The molecule has 9 heteroatoms. The van der Waals surface area contributed by atoms with E-state index in [1.807, 2.05) is 25.1 Å². The molecule has 0 fully saturated rings. The maximum absolute atomic E-state index is 5.99. The summed E-state index contributed by atoms with van der Waals surface area (Å²) in [7, 11) is 0. The molecule has 0 aromatic carbocycles. The van der Waals surface area contributed by atoms with Gasteiger partial charge < -0.3 is 9.26 Å².